The van der Waals surface area contributed by atoms with Crippen molar-refractivity contribution in [3.05, 3.63) is 33.5 Å². The molecule has 0 unspecified atom stereocenters. The predicted octanol–water partition coefficient (Wildman–Crippen LogP) is 1.81. The van der Waals surface area contributed by atoms with Crippen molar-refractivity contribution in [1.82, 2.24) is 25.0 Å². The zero-order valence-corrected chi connectivity index (χ0v) is 15.8. The van der Waals surface area contributed by atoms with E-state index in [0.717, 1.165) is 44.0 Å². The Morgan fingerprint density at radius 1 is 1.46 bits per heavy atom. The number of nitrogens with zero attached hydrogens (tertiary/aromatic N) is 4. The van der Waals surface area contributed by atoms with E-state index in [0.29, 0.717) is 12.8 Å². The minimum Gasteiger partial charge on any atom is -0.345 e. The molecule has 0 aliphatic carbocycles. The third-order valence-electron chi connectivity index (χ3n) is 4.26. The van der Waals surface area contributed by atoms with Crippen molar-refractivity contribution in [2.45, 2.75) is 39.3 Å². The topological polar surface area (TPSA) is 63.1 Å². The van der Waals surface area contributed by atoms with Gasteiger partial charge in [-0.2, -0.15) is 5.10 Å². The van der Waals surface area contributed by atoms with Gasteiger partial charge < -0.3 is 10.2 Å². The first-order valence-corrected chi connectivity index (χ1v) is 8.90. The number of nitrogens with one attached hydrogen (secondary N) is 1. The van der Waals surface area contributed by atoms with Gasteiger partial charge in [0.15, 0.2) is 0 Å². The number of halogens is 1. The van der Waals surface area contributed by atoms with Crippen molar-refractivity contribution < 1.29 is 4.79 Å². The van der Waals surface area contributed by atoms with Crippen LogP contribution in [0.2, 0.25) is 0 Å². The monoisotopic (exact) mass is 369 g/mol. The van der Waals surface area contributed by atoms with Crippen LogP contribution in [0.5, 0.6) is 0 Å². The molecule has 3 rings (SSSR count). The highest BCUT2D eigenvalue weighted by molar-refractivity contribution is 7.09. The summed E-state index contributed by atoms with van der Waals surface area (Å²) >= 11 is 1.66. The molecule has 0 fully saturated rings. The minimum absolute atomic E-state index is 0. The first kappa shape index (κ1) is 18.9. The first-order chi connectivity index (χ1) is 11.1. The van der Waals surface area contributed by atoms with Gasteiger partial charge in [0.1, 0.15) is 0 Å². The lowest BCUT2D eigenvalue weighted by Crippen LogP contribution is -2.29. The number of hydrogen-bond donors (Lipinski definition) is 1. The molecular formula is C16H24ClN5OS. The third-order valence-corrected chi connectivity index (χ3v) is 5.26. The van der Waals surface area contributed by atoms with Crippen molar-refractivity contribution in [3.8, 4) is 0 Å². The largest absolute Gasteiger partial charge is 0.345 e. The molecule has 0 aromatic carbocycles. The summed E-state index contributed by atoms with van der Waals surface area (Å²) in [5, 5.41) is 7.91. The normalized spacial score (nSPS) is 13.2. The second kappa shape index (κ2) is 8.60. The van der Waals surface area contributed by atoms with E-state index in [-0.39, 0.29) is 18.3 Å². The minimum atomic E-state index is 0. The van der Waals surface area contributed by atoms with Gasteiger partial charge in [0, 0.05) is 50.8 Å². The number of hydrogen-bond acceptors (Lipinski definition) is 5. The molecule has 0 atom stereocenters. The molecule has 0 spiro atoms. The van der Waals surface area contributed by atoms with E-state index in [1.807, 2.05) is 29.1 Å². The van der Waals surface area contributed by atoms with Crippen molar-refractivity contribution in [3.63, 3.8) is 0 Å². The molecule has 1 N–H and O–H groups in total. The van der Waals surface area contributed by atoms with Gasteiger partial charge in [-0.15, -0.1) is 23.7 Å². The Morgan fingerprint density at radius 3 is 3.00 bits per heavy atom. The zero-order chi connectivity index (χ0) is 16.2. The van der Waals surface area contributed by atoms with Gasteiger partial charge in [0.25, 0.3) is 0 Å². The van der Waals surface area contributed by atoms with Crippen LogP contribution in [0.25, 0.3) is 0 Å². The standard InChI is InChI=1S/C16H23N5OS.ClH/c1-12-15(23-11-18-12)5-7-20(2)16(22)4-3-13-9-14-10-17-6-8-21(14)19-13;/h9,11,17H,3-8,10H2,1-2H3;1H. The molecule has 8 heteroatoms. The number of thiazole rings is 1. The number of fused-ring (bicyclic) bond motifs is 1. The fourth-order valence-electron chi connectivity index (χ4n) is 2.76. The molecule has 3 heterocycles. The van der Waals surface area contributed by atoms with Crippen LogP contribution in [0.3, 0.4) is 0 Å². The van der Waals surface area contributed by atoms with Crippen LogP contribution in [-0.2, 0) is 30.7 Å². The Bertz CT molecular complexity index is 660. The summed E-state index contributed by atoms with van der Waals surface area (Å²) in [5.74, 6) is 0.177. The second-order valence-electron chi connectivity index (χ2n) is 5.95. The average molecular weight is 370 g/mol. The van der Waals surface area contributed by atoms with Gasteiger partial charge in [-0.25, -0.2) is 4.98 Å². The van der Waals surface area contributed by atoms with E-state index >= 15 is 0 Å². The van der Waals surface area contributed by atoms with Gasteiger partial charge in [-0.05, 0) is 13.0 Å². The molecule has 1 aliphatic heterocycles. The molecule has 0 bridgehead atoms. The van der Waals surface area contributed by atoms with Crippen LogP contribution >= 0.6 is 23.7 Å². The molecule has 1 aliphatic rings. The van der Waals surface area contributed by atoms with Crippen LogP contribution in [0.1, 0.15) is 28.4 Å². The zero-order valence-electron chi connectivity index (χ0n) is 14.1. The van der Waals surface area contributed by atoms with Crippen LogP contribution < -0.4 is 5.32 Å². The summed E-state index contributed by atoms with van der Waals surface area (Å²) in [5.41, 5.74) is 5.17. The van der Waals surface area contributed by atoms with E-state index in [1.165, 1.54) is 10.6 Å². The van der Waals surface area contributed by atoms with Crippen molar-refractivity contribution in [2.24, 2.45) is 0 Å². The third kappa shape index (κ3) is 4.55. The van der Waals surface area contributed by atoms with Gasteiger partial charge >= 0.3 is 0 Å². The van der Waals surface area contributed by atoms with Crippen LogP contribution in [0, 0.1) is 6.92 Å². The summed E-state index contributed by atoms with van der Waals surface area (Å²) in [6, 6.07) is 2.11. The fraction of sp³-hybridized carbons (Fsp3) is 0.562. The molecule has 0 saturated carbocycles. The summed E-state index contributed by atoms with van der Waals surface area (Å²) in [6.45, 7) is 5.51. The van der Waals surface area contributed by atoms with Crippen LogP contribution in [0.4, 0.5) is 0 Å². The number of rotatable bonds is 6. The maximum absolute atomic E-state index is 12.3. The smallest absolute Gasteiger partial charge is 0.222 e. The average Bonchev–Trinajstić information content (AvgIpc) is 3.15. The van der Waals surface area contributed by atoms with E-state index in [9.17, 15) is 4.79 Å². The van der Waals surface area contributed by atoms with E-state index in [2.05, 4.69) is 21.5 Å². The van der Waals surface area contributed by atoms with Gasteiger partial charge in [-0.1, -0.05) is 0 Å². The number of likely N-dealkylation sites (N-methyl/N-ethyl adjacent to an activating group) is 1. The molecule has 24 heavy (non-hydrogen) atoms. The van der Waals surface area contributed by atoms with Crippen LogP contribution in [0.15, 0.2) is 11.6 Å². The van der Waals surface area contributed by atoms with Gasteiger partial charge in [-0.3, -0.25) is 9.48 Å². The maximum Gasteiger partial charge on any atom is 0.222 e. The Morgan fingerprint density at radius 2 is 2.29 bits per heavy atom. The van der Waals surface area contributed by atoms with Gasteiger partial charge in [0.2, 0.25) is 5.91 Å². The second-order valence-corrected chi connectivity index (χ2v) is 6.89. The van der Waals surface area contributed by atoms with E-state index < -0.39 is 0 Å². The molecule has 6 nitrogen and oxygen atoms in total. The van der Waals surface area contributed by atoms with Crippen molar-refractivity contribution in [2.75, 3.05) is 20.1 Å². The Kier molecular flexibility index (Phi) is 6.77. The SMILES string of the molecule is Cc1ncsc1CCN(C)C(=O)CCc1cc2n(n1)CCNC2.Cl. The maximum atomic E-state index is 12.3. The lowest BCUT2D eigenvalue weighted by atomic mass is 10.2. The lowest BCUT2D eigenvalue weighted by molar-refractivity contribution is -0.129. The van der Waals surface area contributed by atoms with E-state index in [4.69, 9.17) is 0 Å². The summed E-state index contributed by atoms with van der Waals surface area (Å²) in [4.78, 5) is 19.6. The molecule has 0 saturated heterocycles. The van der Waals surface area contributed by atoms with E-state index in [1.54, 1.807) is 11.3 Å². The van der Waals surface area contributed by atoms with Crippen LogP contribution in [-0.4, -0.2) is 45.7 Å². The quantitative estimate of drug-likeness (QED) is 0.843. The molecule has 132 valence electrons. The Balaban J connectivity index is 0.00000208. The Labute approximate surface area is 152 Å². The predicted molar refractivity (Wildman–Crippen MR) is 97.7 cm³/mol. The highest BCUT2D eigenvalue weighted by Crippen LogP contribution is 2.14. The van der Waals surface area contributed by atoms with Crippen molar-refractivity contribution in [1.29, 1.82) is 0 Å². The molecule has 2 aromatic rings. The highest BCUT2D eigenvalue weighted by Gasteiger charge is 2.14. The van der Waals surface area contributed by atoms with Crippen molar-refractivity contribution >= 4 is 29.7 Å². The first-order valence-electron chi connectivity index (χ1n) is 8.02. The number of aryl methyl sites for hydroxylation is 2. The lowest BCUT2D eigenvalue weighted by Gasteiger charge is -2.16. The number of carbonyl (C=O) groups is 1. The molecule has 0 radical (unpaired) electrons. The fourth-order valence-corrected chi connectivity index (χ4v) is 3.53. The van der Waals surface area contributed by atoms with Gasteiger partial charge in [0.05, 0.1) is 29.1 Å². The molecule has 2 aromatic heterocycles. The summed E-state index contributed by atoms with van der Waals surface area (Å²) < 4.78 is 2.05. The molecular weight excluding hydrogens is 346 g/mol. The molecule has 1 amide bonds. The summed E-state index contributed by atoms with van der Waals surface area (Å²) in [7, 11) is 1.88. The Hall–Kier alpha value is -1.44. The summed E-state index contributed by atoms with van der Waals surface area (Å²) in [6.07, 6.45) is 2.11. The highest BCUT2D eigenvalue weighted by atomic mass is 35.5. The number of amides is 1. The number of aromatic nitrogens is 3. The number of carbonyl (C=O) groups excluding carboxylic acids is 1.